The molecule has 0 unspecified atom stereocenters. The van der Waals surface area contributed by atoms with Gasteiger partial charge in [-0.3, -0.25) is 4.40 Å². The van der Waals surface area contributed by atoms with Crippen molar-refractivity contribution in [2.45, 2.75) is 12.8 Å². The van der Waals surface area contributed by atoms with Crippen molar-refractivity contribution in [2.75, 3.05) is 0 Å². The Labute approximate surface area is 74.2 Å². The average Bonchev–Trinajstić information content (AvgIpc) is 2.46. The molecule has 0 saturated carbocycles. The first-order valence-electron chi connectivity index (χ1n) is 3.54. The predicted octanol–water partition coefficient (Wildman–Crippen LogP) is 1.17. The van der Waals surface area contributed by atoms with E-state index in [2.05, 4.69) is 15.2 Å². The van der Waals surface area contributed by atoms with Gasteiger partial charge in [0.2, 0.25) is 0 Å². The quantitative estimate of drug-likeness (QED) is 0.622. The van der Waals surface area contributed by atoms with Gasteiger partial charge in [0.15, 0.2) is 5.82 Å². The van der Waals surface area contributed by atoms with Crippen molar-refractivity contribution in [3.63, 3.8) is 0 Å². The Hall–Kier alpha value is -1.16. The molecule has 0 radical (unpaired) electrons. The van der Waals surface area contributed by atoms with Crippen molar-refractivity contribution < 1.29 is 0 Å². The molecular weight excluding hydrogens is 176 g/mol. The van der Waals surface area contributed by atoms with Crippen LogP contribution in [0.15, 0.2) is 12.3 Å². The third-order valence-electron chi connectivity index (χ3n) is 1.61. The molecule has 0 bridgehead atoms. The van der Waals surface area contributed by atoms with Crippen molar-refractivity contribution in [3.8, 4) is 0 Å². The first-order valence-corrected chi connectivity index (χ1v) is 4.08. The summed E-state index contributed by atoms with van der Waals surface area (Å²) in [5.74, 6) is 1.68. The molecule has 0 spiro atoms. The van der Waals surface area contributed by atoms with Crippen LogP contribution in [-0.4, -0.2) is 19.6 Å². The fourth-order valence-corrected chi connectivity index (χ4v) is 1.19. The molecule has 5 heteroatoms. The first-order chi connectivity index (χ1) is 5.81. The molecule has 2 aromatic rings. The molecule has 0 atom stereocenters. The van der Waals surface area contributed by atoms with Crippen LogP contribution in [0.4, 0.5) is 0 Å². The minimum Gasteiger partial charge on any atom is -0.269 e. The summed E-state index contributed by atoms with van der Waals surface area (Å²) < 4.78 is 1.78. The zero-order valence-corrected chi connectivity index (χ0v) is 7.28. The highest BCUT2D eigenvalue weighted by atomic mass is 35.5. The standard InChI is InChI=1S/C7H7ClN4/c1-5-2-3-12-6(4-8)10-11-7(12)9-5/h2-3H,4H2,1H3. The van der Waals surface area contributed by atoms with Gasteiger partial charge < -0.3 is 0 Å². The molecule has 0 fully saturated rings. The van der Waals surface area contributed by atoms with E-state index < -0.39 is 0 Å². The topological polar surface area (TPSA) is 43.1 Å². The molecule has 2 heterocycles. The van der Waals surface area contributed by atoms with E-state index in [0.717, 1.165) is 11.5 Å². The summed E-state index contributed by atoms with van der Waals surface area (Å²) >= 11 is 5.64. The van der Waals surface area contributed by atoms with E-state index in [-0.39, 0.29) is 0 Å². The lowest BCUT2D eigenvalue weighted by Gasteiger charge is -1.94. The molecule has 4 nitrogen and oxygen atoms in total. The van der Waals surface area contributed by atoms with E-state index in [1.54, 1.807) is 4.40 Å². The normalized spacial score (nSPS) is 10.8. The highest BCUT2D eigenvalue weighted by Crippen LogP contribution is 2.03. The largest absolute Gasteiger partial charge is 0.269 e. The van der Waals surface area contributed by atoms with Crippen molar-refractivity contribution in [2.24, 2.45) is 0 Å². The van der Waals surface area contributed by atoms with Gasteiger partial charge in [0, 0.05) is 11.9 Å². The van der Waals surface area contributed by atoms with Crippen LogP contribution in [0.5, 0.6) is 0 Å². The number of halogens is 1. The zero-order chi connectivity index (χ0) is 8.55. The van der Waals surface area contributed by atoms with E-state index in [4.69, 9.17) is 11.6 Å². The number of hydrogen-bond donors (Lipinski definition) is 0. The maximum Gasteiger partial charge on any atom is 0.255 e. The lowest BCUT2D eigenvalue weighted by molar-refractivity contribution is 0.980. The van der Waals surface area contributed by atoms with Gasteiger partial charge in [0.25, 0.3) is 5.78 Å². The van der Waals surface area contributed by atoms with Crippen molar-refractivity contribution in [1.29, 1.82) is 0 Å². The summed E-state index contributed by atoms with van der Waals surface area (Å²) in [7, 11) is 0. The minimum absolute atomic E-state index is 0.353. The third-order valence-corrected chi connectivity index (χ3v) is 1.85. The Bertz CT molecular complexity index is 409. The van der Waals surface area contributed by atoms with Crippen molar-refractivity contribution in [3.05, 3.63) is 23.8 Å². The van der Waals surface area contributed by atoms with Crippen molar-refractivity contribution in [1.82, 2.24) is 19.6 Å². The average molecular weight is 183 g/mol. The van der Waals surface area contributed by atoms with Crippen LogP contribution < -0.4 is 0 Å². The van der Waals surface area contributed by atoms with Gasteiger partial charge in [-0.05, 0) is 13.0 Å². The summed E-state index contributed by atoms with van der Waals surface area (Å²) in [6.45, 7) is 1.91. The van der Waals surface area contributed by atoms with Crippen LogP contribution in [0, 0.1) is 6.92 Å². The van der Waals surface area contributed by atoms with Gasteiger partial charge in [0.05, 0.1) is 5.88 Å². The second kappa shape index (κ2) is 2.71. The summed E-state index contributed by atoms with van der Waals surface area (Å²) in [4.78, 5) is 4.17. The monoisotopic (exact) mass is 182 g/mol. The first kappa shape index (κ1) is 7.49. The van der Waals surface area contributed by atoms with Gasteiger partial charge in [-0.1, -0.05) is 0 Å². The second-order valence-corrected chi connectivity index (χ2v) is 2.76. The molecule has 2 rings (SSSR count). The lowest BCUT2D eigenvalue weighted by Crippen LogP contribution is -1.93. The Kier molecular flexibility index (Phi) is 1.69. The van der Waals surface area contributed by atoms with Crippen LogP contribution in [0.2, 0.25) is 0 Å². The van der Waals surface area contributed by atoms with Crippen LogP contribution in [-0.2, 0) is 5.88 Å². The molecular formula is C7H7ClN4. The summed E-state index contributed by atoms with van der Waals surface area (Å²) in [6, 6.07) is 1.90. The van der Waals surface area contributed by atoms with E-state index in [9.17, 15) is 0 Å². The number of hydrogen-bond acceptors (Lipinski definition) is 3. The molecule has 12 heavy (non-hydrogen) atoms. The number of fused-ring (bicyclic) bond motifs is 1. The van der Waals surface area contributed by atoms with Gasteiger partial charge in [0.1, 0.15) is 0 Å². The fourth-order valence-electron chi connectivity index (χ4n) is 1.01. The Morgan fingerprint density at radius 3 is 3.08 bits per heavy atom. The number of nitrogens with zero attached hydrogens (tertiary/aromatic N) is 4. The van der Waals surface area contributed by atoms with Gasteiger partial charge in [-0.2, -0.15) is 0 Å². The number of alkyl halides is 1. The Morgan fingerprint density at radius 2 is 2.33 bits per heavy atom. The zero-order valence-electron chi connectivity index (χ0n) is 6.53. The number of rotatable bonds is 1. The van der Waals surface area contributed by atoms with E-state index in [0.29, 0.717) is 11.7 Å². The molecule has 62 valence electrons. The molecule has 0 N–H and O–H groups in total. The Balaban J connectivity index is 2.73. The van der Waals surface area contributed by atoms with Gasteiger partial charge in [-0.15, -0.1) is 21.8 Å². The molecule has 0 aliphatic carbocycles. The van der Waals surface area contributed by atoms with E-state index in [1.165, 1.54) is 0 Å². The third kappa shape index (κ3) is 1.04. The smallest absolute Gasteiger partial charge is 0.255 e. The molecule has 0 saturated heterocycles. The predicted molar refractivity (Wildman–Crippen MR) is 45.1 cm³/mol. The fraction of sp³-hybridized carbons (Fsp3) is 0.286. The van der Waals surface area contributed by atoms with Gasteiger partial charge >= 0.3 is 0 Å². The maximum atomic E-state index is 5.64. The Morgan fingerprint density at radius 1 is 1.50 bits per heavy atom. The van der Waals surface area contributed by atoms with Crippen LogP contribution in [0.25, 0.3) is 5.78 Å². The molecule has 2 aromatic heterocycles. The second-order valence-electron chi connectivity index (χ2n) is 2.49. The summed E-state index contributed by atoms with van der Waals surface area (Å²) in [5.41, 5.74) is 0.927. The molecule has 0 aliphatic heterocycles. The van der Waals surface area contributed by atoms with Crippen LogP contribution in [0.1, 0.15) is 11.5 Å². The van der Waals surface area contributed by atoms with Crippen LogP contribution >= 0.6 is 11.6 Å². The number of aromatic nitrogens is 4. The lowest BCUT2D eigenvalue weighted by atomic mass is 10.4. The highest BCUT2D eigenvalue weighted by molar-refractivity contribution is 6.16. The minimum atomic E-state index is 0.353. The van der Waals surface area contributed by atoms with Crippen LogP contribution in [0.3, 0.4) is 0 Å². The summed E-state index contributed by atoms with van der Waals surface area (Å²) in [6.07, 6.45) is 1.87. The maximum absolute atomic E-state index is 5.64. The molecule has 0 aromatic carbocycles. The number of aryl methyl sites for hydroxylation is 1. The SMILES string of the molecule is Cc1ccn2c(CCl)nnc2n1. The molecule has 0 aliphatic rings. The van der Waals surface area contributed by atoms with Crippen molar-refractivity contribution >= 4 is 17.4 Å². The van der Waals surface area contributed by atoms with E-state index >= 15 is 0 Å². The molecule has 0 amide bonds. The highest BCUT2D eigenvalue weighted by Gasteiger charge is 2.03. The summed E-state index contributed by atoms with van der Waals surface area (Å²) in [5, 5.41) is 7.74. The van der Waals surface area contributed by atoms with Gasteiger partial charge in [-0.25, -0.2) is 4.98 Å². The van der Waals surface area contributed by atoms with E-state index in [1.807, 2.05) is 19.2 Å².